The van der Waals surface area contributed by atoms with Crippen molar-refractivity contribution in [3.05, 3.63) is 0 Å². The maximum absolute atomic E-state index is 11.8. The van der Waals surface area contributed by atoms with Crippen LogP contribution in [0.2, 0.25) is 0 Å². The van der Waals surface area contributed by atoms with Crippen LogP contribution in [0.3, 0.4) is 0 Å². The average molecular weight is 243 g/mol. The minimum absolute atomic E-state index is 0.148. The molecule has 0 saturated heterocycles. The van der Waals surface area contributed by atoms with E-state index in [0.29, 0.717) is 0 Å². The fraction of sp³-hybridized carbons (Fsp3) is 0.923. The van der Waals surface area contributed by atoms with Crippen LogP contribution in [0.1, 0.15) is 59.3 Å². The SMILES string of the molecule is CC(C)(C)OC(=O)NC1(CCCO)CCCC1. The summed E-state index contributed by atoms with van der Waals surface area (Å²) in [6, 6.07) is 0. The van der Waals surface area contributed by atoms with Crippen LogP contribution in [0.25, 0.3) is 0 Å². The first-order valence-corrected chi connectivity index (χ1v) is 6.49. The molecule has 0 aliphatic heterocycles. The van der Waals surface area contributed by atoms with E-state index < -0.39 is 5.60 Å². The summed E-state index contributed by atoms with van der Waals surface area (Å²) in [6.45, 7) is 5.77. The molecule has 0 heterocycles. The van der Waals surface area contributed by atoms with Crippen molar-refractivity contribution >= 4 is 6.09 Å². The molecule has 0 bridgehead atoms. The van der Waals surface area contributed by atoms with E-state index in [1.165, 1.54) is 0 Å². The third kappa shape index (κ3) is 4.94. The minimum atomic E-state index is -0.457. The molecule has 0 aromatic carbocycles. The lowest BCUT2D eigenvalue weighted by Crippen LogP contribution is -2.48. The first-order valence-electron chi connectivity index (χ1n) is 6.49. The van der Waals surface area contributed by atoms with Crippen LogP contribution in [-0.2, 0) is 4.74 Å². The van der Waals surface area contributed by atoms with E-state index in [4.69, 9.17) is 9.84 Å². The van der Waals surface area contributed by atoms with Crippen molar-refractivity contribution < 1.29 is 14.6 Å². The maximum atomic E-state index is 11.8. The molecule has 0 unspecified atom stereocenters. The van der Waals surface area contributed by atoms with Gasteiger partial charge in [0, 0.05) is 12.1 Å². The summed E-state index contributed by atoms with van der Waals surface area (Å²) in [5.74, 6) is 0. The first kappa shape index (κ1) is 14.3. The second-order valence-corrected chi connectivity index (χ2v) is 5.94. The van der Waals surface area contributed by atoms with Gasteiger partial charge in [-0.25, -0.2) is 4.79 Å². The first-order chi connectivity index (χ1) is 7.87. The second-order valence-electron chi connectivity index (χ2n) is 5.94. The number of rotatable bonds is 4. The van der Waals surface area contributed by atoms with Gasteiger partial charge in [-0.2, -0.15) is 0 Å². The summed E-state index contributed by atoms with van der Waals surface area (Å²) in [4.78, 5) is 11.8. The van der Waals surface area contributed by atoms with Gasteiger partial charge < -0.3 is 15.2 Å². The number of ether oxygens (including phenoxy) is 1. The van der Waals surface area contributed by atoms with Gasteiger partial charge in [-0.3, -0.25) is 0 Å². The average Bonchev–Trinajstić information content (AvgIpc) is 2.60. The molecule has 2 N–H and O–H groups in total. The number of carbonyl (C=O) groups excluding carboxylic acids is 1. The fourth-order valence-electron chi connectivity index (χ4n) is 2.43. The molecular formula is C13H25NO3. The molecule has 1 fully saturated rings. The highest BCUT2D eigenvalue weighted by atomic mass is 16.6. The second kappa shape index (κ2) is 5.71. The summed E-state index contributed by atoms with van der Waals surface area (Å²) in [7, 11) is 0. The van der Waals surface area contributed by atoms with Crippen molar-refractivity contribution in [2.75, 3.05) is 6.61 Å². The Morgan fingerprint density at radius 3 is 2.41 bits per heavy atom. The molecule has 1 aliphatic carbocycles. The molecule has 1 aliphatic rings. The van der Waals surface area contributed by atoms with Gasteiger partial charge in [-0.1, -0.05) is 12.8 Å². The molecule has 1 rings (SSSR count). The van der Waals surface area contributed by atoms with Crippen molar-refractivity contribution in [2.24, 2.45) is 0 Å². The van der Waals surface area contributed by atoms with Gasteiger partial charge in [0.25, 0.3) is 0 Å². The largest absolute Gasteiger partial charge is 0.444 e. The van der Waals surface area contributed by atoms with Crippen LogP contribution in [0.5, 0.6) is 0 Å². The molecular weight excluding hydrogens is 218 g/mol. The predicted molar refractivity (Wildman–Crippen MR) is 66.9 cm³/mol. The lowest BCUT2D eigenvalue weighted by molar-refractivity contribution is 0.0445. The Hall–Kier alpha value is -0.770. The molecule has 0 spiro atoms. The Morgan fingerprint density at radius 2 is 1.94 bits per heavy atom. The summed E-state index contributed by atoms with van der Waals surface area (Å²) in [5.41, 5.74) is -0.605. The molecule has 0 aromatic heterocycles. The van der Waals surface area contributed by atoms with Crippen LogP contribution in [0.15, 0.2) is 0 Å². The molecule has 17 heavy (non-hydrogen) atoms. The highest BCUT2D eigenvalue weighted by Crippen LogP contribution is 2.33. The summed E-state index contributed by atoms with van der Waals surface area (Å²) in [6.07, 6.45) is 5.50. The molecule has 0 radical (unpaired) electrons. The molecule has 4 heteroatoms. The Kier molecular flexibility index (Phi) is 4.80. The van der Waals surface area contributed by atoms with Crippen LogP contribution in [0, 0.1) is 0 Å². The number of nitrogens with one attached hydrogen (secondary N) is 1. The fourth-order valence-corrected chi connectivity index (χ4v) is 2.43. The normalized spacial score (nSPS) is 19.1. The summed E-state index contributed by atoms with van der Waals surface area (Å²) in [5, 5.41) is 11.9. The van der Waals surface area contributed by atoms with Gasteiger partial charge in [0.1, 0.15) is 5.60 Å². The van der Waals surface area contributed by atoms with Crippen LogP contribution >= 0.6 is 0 Å². The lowest BCUT2D eigenvalue weighted by atomic mass is 9.92. The molecule has 0 aromatic rings. The standard InChI is InChI=1S/C13H25NO3/c1-12(2,3)17-11(16)14-13(9-6-10-15)7-4-5-8-13/h15H,4-10H2,1-3H3,(H,14,16). The molecule has 100 valence electrons. The zero-order valence-corrected chi connectivity index (χ0v) is 11.2. The number of hydrogen-bond donors (Lipinski definition) is 2. The molecule has 4 nitrogen and oxygen atoms in total. The van der Waals surface area contributed by atoms with Crippen molar-refractivity contribution in [1.29, 1.82) is 0 Å². The van der Waals surface area contributed by atoms with Gasteiger partial charge in [0.05, 0.1) is 0 Å². The summed E-state index contributed by atoms with van der Waals surface area (Å²) < 4.78 is 5.29. The van der Waals surface area contributed by atoms with Crippen molar-refractivity contribution in [2.45, 2.75) is 70.4 Å². The Labute approximate surface area is 104 Å². The van der Waals surface area contributed by atoms with Gasteiger partial charge >= 0.3 is 6.09 Å². The Balaban J connectivity index is 2.52. The number of carbonyl (C=O) groups is 1. The van der Waals surface area contributed by atoms with Gasteiger partial charge in [0.15, 0.2) is 0 Å². The van der Waals surface area contributed by atoms with E-state index in [1.54, 1.807) is 0 Å². The molecule has 0 atom stereocenters. The van der Waals surface area contributed by atoms with Gasteiger partial charge in [0.2, 0.25) is 0 Å². The molecule has 1 amide bonds. The summed E-state index contributed by atoms with van der Waals surface area (Å²) >= 11 is 0. The maximum Gasteiger partial charge on any atom is 0.408 e. The van der Waals surface area contributed by atoms with Crippen LogP contribution in [-0.4, -0.2) is 28.9 Å². The highest BCUT2D eigenvalue weighted by Gasteiger charge is 2.35. The number of amides is 1. The van der Waals surface area contributed by atoms with Crippen LogP contribution < -0.4 is 5.32 Å². The van der Waals surface area contributed by atoms with E-state index in [2.05, 4.69) is 5.32 Å². The number of alkyl carbamates (subject to hydrolysis) is 1. The topological polar surface area (TPSA) is 58.6 Å². The third-order valence-electron chi connectivity index (χ3n) is 3.14. The predicted octanol–water partition coefficient (Wildman–Crippen LogP) is 2.60. The van der Waals surface area contributed by atoms with Crippen molar-refractivity contribution in [3.8, 4) is 0 Å². The van der Waals surface area contributed by atoms with E-state index in [1.807, 2.05) is 20.8 Å². The number of aliphatic hydroxyl groups excluding tert-OH is 1. The van der Waals surface area contributed by atoms with Gasteiger partial charge in [-0.05, 0) is 46.5 Å². The molecule has 1 saturated carbocycles. The van der Waals surface area contributed by atoms with E-state index in [-0.39, 0.29) is 18.2 Å². The monoisotopic (exact) mass is 243 g/mol. The minimum Gasteiger partial charge on any atom is -0.444 e. The Morgan fingerprint density at radius 1 is 1.35 bits per heavy atom. The van der Waals surface area contributed by atoms with E-state index in [0.717, 1.165) is 38.5 Å². The van der Waals surface area contributed by atoms with E-state index >= 15 is 0 Å². The Bertz CT molecular complexity index is 252. The van der Waals surface area contributed by atoms with Crippen molar-refractivity contribution in [3.63, 3.8) is 0 Å². The van der Waals surface area contributed by atoms with E-state index in [9.17, 15) is 4.79 Å². The smallest absolute Gasteiger partial charge is 0.408 e. The zero-order chi connectivity index (χ0) is 12.9. The third-order valence-corrected chi connectivity index (χ3v) is 3.14. The zero-order valence-electron chi connectivity index (χ0n) is 11.2. The highest BCUT2D eigenvalue weighted by molar-refractivity contribution is 5.68. The van der Waals surface area contributed by atoms with Crippen LogP contribution in [0.4, 0.5) is 4.79 Å². The quantitative estimate of drug-likeness (QED) is 0.798. The number of hydrogen-bond acceptors (Lipinski definition) is 3. The lowest BCUT2D eigenvalue weighted by Gasteiger charge is -2.31. The van der Waals surface area contributed by atoms with Gasteiger partial charge in [-0.15, -0.1) is 0 Å². The van der Waals surface area contributed by atoms with Crippen molar-refractivity contribution in [1.82, 2.24) is 5.32 Å². The number of aliphatic hydroxyl groups is 1.